The Morgan fingerprint density at radius 1 is 1.11 bits per heavy atom. The quantitative estimate of drug-likeness (QED) is 0.878. The van der Waals surface area contributed by atoms with E-state index in [1.807, 2.05) is 48.7 Å². The molecule has 4 atom stereocenters. The second kappa shape index (κ2) is 6.35. The van der Waals surface area contributed by atoms with Crippen molar-refractivity contribution >= 4 is 23.5 Å². The topological polar surface area (TPSA) is 69.1 Å². The molecule has 0 saturated carbocycles. The van der Waals surface area contributed by atoms with Crippen LogP contribution in [0, 0.1) is 28.1 Å². The second-order valence-corrected chi connectivity index (χ2v) is 7.54. The number of Topliss-reactive ketones (excluding diaryl/α,β-unsaturated/α-hetero) is 1. The lowest BCUT2D eigenvalue weighted by Crippen LogP contribution is -3.11. The Balaban J connectivity index is 2.00. The number of nitrogens with one attached hydrogen (secondary N) is 1. The Kier molecular flexibility index (Phi) is 4.12. The minimum atomic E-state index is -1.36. The molecule has 132 valence electrons. The van der Waals surface area contributed by atoms with Gasteiger partial charge in [-0.1, -0.05) is 48.0 Å². The van der Waals surface area contributed by atoms with Crippen LogP contribution in [0.15, 0.2) is 54.7 Å². The van der Waals surface area contributed by atoms with Gasteiger partial charge in [0, 0.05) is 17.5 Å². The van der Waals surface area contributed by atoms with Crippen LogP contribution in [0.1, 0.15) is 35.6 Å². The van der Waals surface area contributed by atoms with Gasteiger partial charge in [-0.25, -0.2) is 0 Å². The molecule has 1 saturated heterocycles. The summed E-state index contributed by atoms with van der Waals surface area (Å²) in [6, 6.07) is 18.6. The number of halogens is 1. The van der Waals surface area contributed by atoms with Crippen molar-refractivity contribution in [3.63, 3.8) is 0 Å². The van der Waals surface area contributed by atoms with Crippen molar-refractivity contribution in [3.8, 4) is 12.1 Å². The van der Waals surface area contributed by atoms with Crippen LogP contribution in [0.5, 0.6) is 0 Å². The first-order valence-corrected chi connectivity index (χ1v) is 9.13. The molecule has 0 bridgehead atoms. The van der Waals surface area contributed by atoms with Crippen molar-refractivity contribution in [3.05, 3.63) is 76.4 Å². The molecule has 1 N–H and O–H groups in total. The lowest BCUT2D eigenvalue weighted by Gasteiger charge is -2.29. The van der Waals surface area contributed by atoms with Crippen LogP contribution >= 0.6 is 11.6 Å². The number of nitriles is 2. The molecule has 0 spiro atoms. The predicted octanol–water partition coefficient (Wildman–Crippen LogP) is 3.04. The first-order chi connectivity index (χ1) is 13.0. The summed E-state index contributed by atoms with van der Waals surface area (Å²) >= 11 is 6.03. The Morgan fingerprint density at radius 3 is 2.41 bits per heavy atom. The number of fused-ring (bicyclic) bond motifs is 3. The molecule has 5 heteroatoms. The second-order valence-electron chi connectivity index (χ2n) is 7.11. The number of hydrogen-bond acceptors (Lipinski definition) is 3. The molecule has 0 amide bonds. The third-order valence-electron chi connectivity index (χ3n) is 5.77. The fourth-order valence-corrected chi connectivity index (χ4v) is 4.83. The molecule has 4 nitrogen and oxygen atoms in total. The summed E-state index contributed by atoms with van der Waals surface area (Å²) in [6.45, 7) is 1.54. The number of hydrogen-bond donors (Lipinski definition) is 1. The van der Waals surface area contributed by atoms with Crippen LogP contribution < -0.4 is 4.90 Å². The highest BCUT2D eigenvalue weighted by atomic mass is 35.5. The fraction of sp³-hybridized carbons (Fsp3) is 0.227. The smallest absolute Gasteiger partial charge is 0.212 e. The maximum Gasteiger partial charge on any atom is 0.212 e. The van der Waals surface area contributed by atoms with E-state index in [-0.39, 0.29) is 5.78 Å². The highest BCUT2D eigenvalue weighted by Gasteiger charge is 2.67. The molecule has 0 radical (unpaired) electrons. The Hall–Kier alpha value is -2.92. The maximum absolute atomic E-state index is 12.7. The largest absolute Gasteiger partial charge is 0.293 e. The normalized spacial score (nSPS) is 27.1. The van der Waals surface area contributed by atoms with Gasteiger partial charge in [0.15, 0.2) is 17.9 Å². The molecule has 27 heavy (non-hydrogen) atoms. The summed E-state index contributed by atoms with van der Waals surface area (Å²) < 4.78 is 0. The van der Waals surface area contributed by atoms with E-state index in [1.54, 1.807) is 12.1 Å². The zero-order chi connectivity index (χ0) is 19.2. The van der Waals surface area contributed by atoms with Gasteiger partial charge in [0.05, 0.1) is 24.3 Å². The van der Waals surface area contributed by atoms with Crippen LogP contribution in [-0.4, -0.2) is 11.8 Å². The van der Waals surface area contributed by atoms with E-state index in [1.165, 1.54) is 6.92 Å². The van der Waals surface area contributed by atoms with Crippen molar-refractivity contribution in [1.82, 2.24) is 0 Å². The highest BCUT2D eigenvalue weighted by Crippen LogP contribution is 2.51. The molecule has 2 aliphatic heterocycles. The Bertz CT molecular complexity index is 1010. The molecule has 1 fully saturated rings. The first kappa shape index (κ1) is 17.5. The van der Waals surface area contributed by atoms with E-state index in [0.29, 0.717) is 5.02 Å². The molecule has 1 unspecified atom stereocenters. The summed E-state index contributed by atoms with van der Waals surface area (Å²) in [6.07, 6.45) is 3.90. The maximum atomic E-state index is 12.7. The Labute approximate surface area is 162 Å². The number of carbonyl (C=O) groups excluding carboxylic acids is 1. The monoisotopic (exact) mass is 374 g/mol. The van der Waals surface area contributed by atoms with Gasteiger partial charge < -0.3 is 0 Å². The molecular weight excluding hydrogens is 358 g/mol. The standard InChI is InChI=1S/C22H16ClN3O/c1-14(27)20-19(16-6-8-17(23)9-7-16)22(12-24,13-25)21-18-5-3-2-4-15(18)10-11-26(20)21/h2-11,19-21H,1H3/p+1/t19-,20-,21-/m0/s1. The highest BCUT2D eigenvalue weighted by molar-refractivity contribution is 6.30. The van der Waals surface area contributed by atoms with E-state index >= 15 is 0 Å². The number of quaternary nitrogens is 1. The molecule has 2 aliphatic rings. The summed E-state index contributed by atoms with van der Waals surface area (Å²) in [5.41, 5.74) is 1.34. The molecule has 0 aromatic heterocycles. The lowest BCUT2D eigenvalue weighted by molar-refractivity contribution is -0.885. The first-order valence-electron chi connectivity index (χ1n) is 8.75. The zero-order valence-corrected chi connectivity index (χ0v) is 15.4. The molecule has 2 heterocycles. The molecule has 4 rings (SSSR count). The van der Waals surface area contributed by atoms with Gasteiger partial charge in [-0.3, -0.25) is 9.69 Å². The van der Waals surface area contributed by atoms with Gasteiger partial charge in [-0.2, -0.15) is 10.5 Å². The summed E-state index contributed by atoms with van der Waals surface area (Å²) in [7, 11) is 0. The average molecular weight is 375 g/mol. The van der Waals surface area contributed by atoms with Crippen molar-refractivity contribution in [2.24, 2.45) is 5.41 Å². The van der Waals surface area contributed by atoms with Crippen LogP contribution in [0.3, 0.4) is 0 Å². The van der Waals surface area contributed by atoms with Gasteiger partial charge in [0.2, 0.25) is 5.41 Å². The molecule has 2 aromatic rings. The molecule has 2 aromatic carbocycles. The van der Waals surface area contributed by atoms with E-state index in [2.05, 4.69) is 12.1 Å². The number of rotatable bonds is 2. The molecule has 0 aliphatic carbocycles. The van der Waals surface area contributed by atoms with Gasteiger partial charge in [-0.15, -0.1) is 0 Å². The van der Waals surface area contributed by atoms with Crippen molar-refractivity contribution in [1.29, 1.82) is 10.5 Å². The number of nitrogens with zero attached hydrogens (tertiary/aromatic N) is 2. The van der Waals surface area contributed by atoms with Crippen LogP contribution in [0.2, 0.25) is 5.02 Å². The summed E-state index contributed by atoms with van der Waals surface area (Å²) in [4.78, 5) is 13.5. The summed E-state index contributed by atoms with van der Waals surface area (Å²) in [5, 5.41) is 21.0. The van der Waals surface area contributed by atoms with Crippen molar-refractivity contribution < 1.29 is 9.69 Å². The lowest BCUT2D eigenvalue weighted by atomic mass is 9.68. The number of carbonyl (C=O) groups is 1. The van der Waals surface area contributed by atoms with Crippen LogP contribution in [-0.2, 0) is 4.79 Å². The minimum absolute atomic E-state index is 0.0358. The Morgan fingerprint density at radius 2 is 1.78 bits per heavy atom. The van der Waals surface area contributed by atoms with Crippen molar-refractivity contribution in [2.75, 3.05) is 0 Å². The minimum Gasteiger partial charge on any atom is -0.293 e. The SMILES string of the molecule is CC(=O)[C@H]1[C@H](c2ccc(Cl)cc2)C(C#N)(C#N)[C@@H]2c3ccccc3C=C[NH+]21. The van der Waals surface area contributed by atoms with Gasteiger partial charge in [0.25, 0.3) is 0 Å². The van der Waals surface area contributed by atoms with Gasteiger partial charge in [0.1, 0.15) is 0 Å². The third-order valence-corrected chi connectivity index (χ3v) is 6.02. The van der Waals surface area contributed by atoms with E-state index in [0.717, 1.165) is 21.6 Å². The van der Waals surface area contributed by atoms with E-state index in [9.17, 15) is 15.3 Å². The molecular formula is C22H17ClN3O+. The van der Waals surface area contributed by atoms with E-state index < -0.39 is 23.4 Å². The number of benzene rings is 2. The number of ketones is 1. The van der Waals surface area contributed by atoms with Crippen molar-refractivity contribution in [2.45, 2.75) is 24.9 Å². The van der Waals surface area contributed by atoms with Crippen LogP contribution in [0.4, 0.5) is 0 Å². The fourth-order valence-electron chi connectivity index (χ4n) is 4.70. The van der Waals surface area contributed by atoms with Gasteiger partial charge >= 0.3 is 0 Å². The average Bonchev–Trinajstić information content (AvgIpc) is 3.00. The third kappa shape index (κ3) is 2.42. The predicted molar refractivity (Wildman–Crippen MR) is 102 cm³/mol. The van der Waals surface area contributed by atoms with E-state index in [4.69, 9.17) is 11.6 Å². The zero-order valence-electron chi connectivity index (χ0n) is 14.7. The summed E-state index contributed by atoms with van der Waals surface area (Å²) in [5.74, 6) is -0.579. The van der Waals surface area contributed by atoms with Gasteiger partial charge in [-0.05, 0) is 29.3 Å². The van der Waals surface area contributed by atoms with Crippen LogP contribution in [0.25, 0.3) is 6.08 Å².